The molecule has 116 valence electrons. The van der Waals surface area contributed by atoms with Gasteiger partial charge in [-0.15, -0.1) is 0 Å². The fraction of sp³-hybridized carbons (Fsp3) is 0.467. The maximum Gasteiger partial charge on any atom is 0.251 e. The molecule has 2 amide bonds. The number of carbonyl (C=O) groups excluding carboxylic acids is 2. The zero-order chi connectivity index (χ0) is 15.7. The van der Waals surface area contributed by atoms with E-state index in [1.165, 1.54) is 7.11 Å². The van der Waals surface area contributed by atoms with Gasteiger partial charge in [0.05, 0.1) is 20.3 Å². The van der Waals surface area contributed by atoms with Crippen molar-refractivity contribution >= 4 is 11.8 Å². The fourth-order valence-electron chi connectivity index (χ4n) is 1.68. The molecule has 0 aliphatic carbocycles. The van der Waals surface area contributed by atoms with Crippen molar-refractivity contribution in [3.63, 3.8) is 0 Å². The van der Waals surface area contributed by atoms with Crippen LogP contribution in [0.1, 0.15) is 30.6 Å². The van der Waals surface area contributed by atoms with Crippen LogP contribution in [0.15, 0.2) is 18.2 Å². The molecular formula is C15H22N2O4. The Morgan fingerprint density at radius 2 is 1.90 bits per heavy atom. The van der Waals surface area contributed by atoms with Crippen molar-refractivity contribution in [3.05, 3.63) is 23.8 Å². The number of methoxy groups -OCH3 is 1. The number of nitrogens with one attached hydrogen (secondary N) is 2. The maximum atomic E-state index is 12.0. The lowest BCUT2D eigenvalue weighted by atomic mass is 10.2. The second-order valence-corrected chi connectivity index (χ2v) is 4.33. The molecule has 1 aromatic rings. The van der Waals surface area contributed by atoms with Crippen molar-refractivity contribution < 1.29 is 19.1 Å². The first-order chi connectivity index (χ1) is 10.1. The molecule has 0 atom stereocenters. The topological polar surface area (TPSA) is 76.7 Å². The Morgan fingerprint density at radius 1 is 1.14 bits per heavy atom. The average molecular weight is 294 g/mol. The van der Waals surface area contributed by atoms with Gasteiger partial charge in [-0.3, -0.25) is 9.59 Å². The van der Waals surface area contributed by atoms with E-state index in [4.69, 9.17) is 9.47 Å². The van der Waals surface area contributed by atoms with Crippen LogP contribution in [0.4, 0.5) is 0 Å². The van der Waals surface area contributed by atoms with Gasteiger partial charge in [-0.05, 0) is 31.5 Å². The molecule has 0 aliphatic rings. The van der Waals surface area contributed by atoms with Gasteiger partial charge >= 0.3 is 0 Å². The number of benzene rings is 1. The van der Waals surface area contributed by atoms with Gasteiger partial charge in [0.2, 0.25) is 5.91 Å². The maximum absolute atomic E-state index is 12.0. The Hall–Kier alpha value is -2.24. The lowest BCUT2D eigenvalue weighted by Gasteiger charge is -2.11. The summed E-state index contributed by atoms with van der Waals surface area (Å²) < 4.78 is 10.6. The zero-order valence-electron chi connectivity index (χ0n) is 12.7. The summed E-state index contributed by atoms with van der Waals surface area (Å²) in [6, 6.07) is 4.89. The van der Waals surface area contributed by atoms with Crippen LogP contribution in [0.2, 0.25) is 0 Å². The smallest absolute Gasteiger partial charge is 0.251 e. The van der Waals surface area contributed by atoms with Crippen LogP contribution in [-0.2, 0) is 4.79 Å². The highest BCUT2D eigenvalue weighted by molar-refractivity contribution is 5.97. The van der Waals surface area contributed by atoms with E-state index >= 15 is 0 Å². The second kappa shape index (κ2) is 8.84. The average Bonchev–Trinajstić information content (AvgIpc) is 2.50. The van der Waals surface area contributed by atoms with Crippen LogP contribution in [0.3, 0.4) is 0 Å². The number of ether oxygens (including phenoxy) is 2. The molecule has 1 aromatic carbocycles. The molecule has 1 rings (SSSR count). The van der Waals surface area contributed by atoms with E-state index < -0.39 is 0 Å². The monoisotopic (exact) mass is 294 g/mol. The summed E-state index contributed by atoms with van der Waals surface area (Å²) in [5.41, 5.74) is 0.419. The fourth-order valence-corrected chi connectivity index (χ4v) is 1.68. The van der Waals surface area contributed by atoms with E-state index in [1.54, 1.807) is 18.2 Å². The van der Waals surface area contributed by atoms with Crippen LogP contribution >= 0.6 is 0 Å². The Balaban J connectivity index is 2.65. The Kier molecular flexibility index (Phi) is 7.08. The number of rotatable bonds is 8. The summed E-state index contributed by atoms with van der Waals surface area (Å²) in [6.07, 6.45) is 0.857. The summed E-state index contributed by atoms with van der Waals surface area (Å²) in [5, 5.41) is 5.26. The van der Waals surface area contributed by atoms with Crippen LogP contribution in [0, 0.1) is 0 Å². The molecular weight excluding hydrogens is 272 g/mol. The van der Waals surface area contributed by atoms with Crippen molar-refractivity contribution in [2.24, 2.45) is 0 Å². The minimum atomic E-state index is -0.328. The van der Waals surface area contributed by atoms with Crippen molar-refractivity contribution in [1.29, 1.82) is 0 Å². The first-order valence-corrected chi connectivity index (χ1v) is 6.98. The summed E-state index contributed by atoms with van der Waals surface area (Å²) in [7, 11) is 1.54. The number of hydrogen-bond donors (Lipinski definition) is 2. The molecule has 0 fully saturated rings. The first kappa shape index (κ1) is 16.8. The largest absolute Gasteiger partial charge is 0.493 e. The van der Waals surface area contributed by atoms with Gasteiger partial charge in [-0.25, -0.2) is 0 Å². The molecule has 0 aliphatic heterocycles. The molecule has 6 nitrogen and oxygen atoms in total. The predicted octanol–water partition coefficient (Wildman–Crippen LogP) is 1.35. The third kappa shape index (κ3) is 5.33. The van der Waals surface area contributed by atoms with Crippen LogP contribution < -0.4 is 20.1 Å². The number of amides is 2. The van der Waals surface area contributed by atoms with Crippen LogP contribution in [0.5, 0.6) is 11.5 Å². The first-order valence-electron chi connectivity index (χ1n) is 6.98. The van der Waals surface area contributed by atoms with Gasteiger partial charge in [0.15, 0.2) is 11.5 Å². The number of carbonyl (C=O) groups is 2. The van der Waals surface area contributed by atoms with Crippen molar-refractivity contribution in [1.82, 2.24) is 10.6 Å². The quantitative estimate of drug-likeness (QED) is 0.759. The molecule has 0 unspecified atom stereocenters. The van der Waals surface area contributed by atoms with E-state index in [9.17, 15) is 9.59 Å². The molecule has 0 aromatic heterocycles. The molecule has 0 saturated carbocycles. The Bertz CT molecular complexity index is 489. The van der Waals surface area contributed by atoms with Crippen molar-refractivity contribution in [2.45, 2.75) is 20.3 Å². The molecule has 0 bridgehead atoms. The zero-order valence-corrected chi connectivity index (χ0v) is 12.7. The highest BCUT2D eigenvalue weighted by Crippen LogP contribution is 2.27. The minimum absolute atomic E-state index is 0.0468. The minimum Gasteiger partial charge on any atom is -0.493 e. The van der Waals surface area contributed by atoms with Crippen molar-refractivity contribution in [3.8, 4) is 11.5 Å². The van der Waals surface area contributed by atoms with Gasteiger partial charge in [-0.1, -0.05) is 6.92 Å². The highest BCUT2D eigenvalue weighted by atomic mass is 16.5. The number of hydrogen-bond acceptors (Lipinski definition) is 4. The SMILES string of the molecule is CCCNC(=O)CNC(=O)c1ccc(OC)c(OCC)c1. The Labute approximate surface area is 124 Å². The second-order valence-electron chi connectivity index (χ2n) is 4.33. The lowest BCUT2D eigenvalue weighted by Crippen LogP contribution is -2.37. The molecule has 0 spiro atoms. The van der Waals surface area contributed by atoms with E-state index in [2.05, 4.69) is 10.6 Å². The van der Waals surface area contributed by atoms with E-state index in [-0.39, 0.29) is 18.4 Å². The van der Waals surface area contributed by atoms with Crippen molar-refractivity contribution in [2.75, 3.05) is 26.8 Å². The lowest BCUT2D eigenvalue weighted by molar-refractivity contribution is -0.120. The molecule has 6 heteroatoms. The molecule has 0 heterocycles. The normalized spacial score (nSPS) is 9.86. The third-order valence-electron chi connectivity index (χ3n) is 2.71. The van der Waals surface area contributed by atoms with Crippen LogP contribution in [-0.4, -0.2) is 38.6 Å². The summed E-state index contributed by atoms with van der Waals surface area (Å²) >= 11 is 0. The van der Waals surface area contributed by atoms with Gasteiger partial charge in [0, 0.05) is 12.1 Å². The highest BCUT2D eigenvalue weighted by Gasteiger charge is 2.12. The summed E-state index contributed by atoms with van der Waals surface area (Å²) in [5.74, 6) is 0.533. The van der Waals surface area contributed by atoms with Gasteiger partial charge < -0.3 is 20.1 Å². The van der Waals surface area contributed by atoms with Gasteiger partial charge in [0.1, 0.15) is 0 Å². The van der Waals surface area contributed by atoms with Gasteiger partial charge in [-0.2, -0.15) is 0 Å². The standard InChI is InChI=1S/C15H22N2O4/c1-4-8-16-14(18)10-17-15(19)11-6-7-12(20-3)13(9-11)21-5-2/h6-7,9H,4-5,8,10H2,1-3H3,(H,16,18)(H,17,19). The van der Waals surface area contributed by atoms with E-state index in [1.807, 2.05) is 13.8 Å². The van der Waals surface area contributed by atoms with Crippen LogP contribution in [0.25, 0.3) is 0 Å². The summed E-state index contributed by atoms with van der Waals surface area (Å²) in [4.78, 5) is 23.4. The molecule has 2 N–H and O–H groups in total. The predicted molar refractivity (Wildman–Crippen MR) is 79.8 cm³/mol. The Morgan fingerprint density at radius 3 is 2.52 bits per heavy atom. The molecule has 0 saturated heterocycles. The van der Waals surface area contributed by atoms with E-state index in [0.29, 0.717) is 30.2 Å². The molecule has 0 radical (unpaired) electrons. The third-order valence-corrected chi connectivity index (χ3v) is 2.71. The summed E-state index contributed by atoms with van der Waals surface area (Å²) in [6.45, 7) is 4.84. The molecule has 21 heavy (non-hydrogen) atoms. The van der Waals surface area contributed by atoms with Gasteiger partial charge in [0.25, 0.3) is 5.91 Å². The van der Waals surface area contributed by atoms with E-state index in [0.717, 1.165) is 6.42 Å².